The number of aryl methyl sites for hydroxylation is 1. The van der Waals surface area contributed by atoms with Crippen LogP contribution in [0, 0.1) is 17.0 Å². The quantitative estimate of drug-likeness (QED) is 0.519. The number of benzene rings is 1. The van der Waals surface area contributed by atoms with E-state index in [0.717, 1.165) is 5.56 Å². The normalized spacial score (nSPS) is 18.5. The molecular weight excluding hydrogens is 274 g/mol. The number of nitrogens with one attached hydrogen (secondary N) is 1. The number of anilines is 1. The fourth-order valence-electron chi connectivity index (χ4n) is 2.41. The van der Waals surface area contributed by atoms with E-state index in [9.17, 15) is 19.7 Å². The minimum Gasteiger partial charge on any atom is -0.368 e. The predicted octanol–water partition coefficient (Wildman–Crippen LogP) is 1.85. The number of hydrogen-bond donors (Lipinski definition) is 1. The molecule has 1 N–H and O–H groups in total. The molecule has 0 aliphatic carbocycles. The Morgan fingerprint density at radius 1 is 1.38 bits per heavy atom. The van der Waals surface area contributed by atoms with Crippen molar-refractivity contribution < 1.29 is 14.5 Å². The summed E-state index contributed by atoms with van der Waals surface area (Å²) in [6, 6.07) is 3.75. The number of carbonyl (C=O) groups excluding carboxylic acids is 2. The lowest BCUT2D eigenvalue weighted by molar-refractivity contribution is -0.384. The molecule has 0 aromatic heterocycles. The van der Waals surface area contributed by atoms with Crippen molar-refractivity contribution in [1.29, 1.82) is 0 Å². The first kappa shape index (κ1) is 15.0. The molecule has 1 saturated heterocycles. The van der Waals surface area contributed by atoms with E-state index in [0.29, 0.717) is 0 Å². The van der Waals surface area contributed by atoms with Crippen molar-refractivity contribution in [3.05, 3.63) is 33.9 Å². The van der Waals surface area contributed by atoms with Gasteiger partial charge in [0.15, 0.2) is 0 Å². The van der Waals surface area contributed by atoms with Crippen LogP contribution in [-0.2, 0) is 9.59 Å². The van der Waals surface area contributed by atoms with Gasteiger partial charge in [0, 0.05) is 12.1 Å². The molecule has 1 aliphatic heterocycles. The number of carbonyl (C=O) groups is 2. The van der Waals surface area contributed by atoms with Crippen LogP contribution in [0.3, 0.4) is 0 Å². The Morgan fingerprint density at radius 3 is 2.57 bits per heavy atom. The Labute approximate surface area is 122 Å². The van der Waals surface area contributed by atoms with Crippen LogP contribution < -0.4 is 5.32 Å². The lowest BCUT2D eigenvalue weighted by atomic mass is 10.1. The Kier molecular flexibility index (Phi) is 3.93. The summed E-state index contributed by atoms with van der Waals surface area (Å²) >= 11 is 0. The minimum absolute atomic E-state index is 0.0159. The van der Waals surface area contributed by atoms with E-state index in [-0.39, 0.29) is 35.7 Å². The highest BCUT2D eigenvalue weighted by molar-refractivity contribution is 6.07. The first-order chi connectivity index (χ1) is 9.81. The summed E-state index contributed by atoms with van der Waals surface area (Å²) in [4.78, 5) is 35.8. The summed E-state index contributed by atoms with van der Waals surface area (Å²) in [5, 5.41) is 13.9. The van der Waals surface area contributed by atoms with Gasteiger partial charge in [0.05, 0.1) is 11.3 Å². The lowest BCUT2D eigenvalue weighted by Gasteiger charge is -2.19. The van der Waals surface area contributed by atoms with Gasteiger partial charge >= 0.3 is 0 Å². The number of nitrogens with zero attached hydrogens (tertiary/aromatic N) is 2. The van der Waals surface area contributed by atoms with Crippen molar-refractivity contribution >= 4 is 23.2 Å². The van der Waals surface area contributed by atoms with Crippen molar-refractivity contribution in [2.45, 2.75) is 39.3 Å². The topological polar surface area (TPSA) is 92.6 Å². The van der Waals surface area contributed by atoms with Crippen molar-refractivity contribution in [3.63, 3.8) is 0 Å². The molecule has 1 aliphatic rings. The van der Waals surface area contributed by atoms with Gasteiger partial charge in [-0.3, -0.25) is 24.6 Å². The Hall–Kier alpha value is -2.44. The van der Waals surface area contributed by atoms with Crippen LogP contribution in [0.5, 0.6) is 0 Å². The van der Waals surface area contributed by atoms with Crippen LogP contribution in [0.2, 0.25) is 0 Å². The summed E-state index contributed by atoms with van der Waals surface area (Å²) in [7, 11) is 0. The number of amides is 2. The maximum Gasteiger partial charge on any atom is 0.292 e. The van der Waals surface area contributed by atoms with E-state index >= 15 is 0 Å². The molecule has 1 unspecified atom stereocenters. The smallest absolute Gasteiger partial charge is 0.292 e. The number of nitro benzene ring substituents is 1. The molecule has 0 saturated carbocycles. The number of likely N-dealkylation sites (tertiary alicyclic amines) is 1. The maximum absolute atomic E-state index is 12.2. The SMILES string of the molecule is Cc1ccc(NC2CC(=O)N(C(C)C)C2=O)c([N+](=O)[O-])c1. The van der Waals surface area contributed by atoms with E-state index in [1.165, 1.54) is 11.0 Å². The van der Waals surface area contributed by atoms with Gasteiger partial charge in [0.25, 0.3) is 11.6 Å². The van der Waals surface area contributed by atoms with Crippen LogP contribution >= 0.6 is 0 Å². The highest BCUT2D eigenvalue weighted by Crippen LogP contribution is 2.28. The lowest BCUT2D eigenvalue weighted by Crippen LogP contribution is -2.39. The van der Waals surface area contributed by atoms with E-state index in [1.54, 1.807) is 32.9 Å². The van der Waals surface area contributed by atoms with Gasteiger partial charge in [-0.05, 0) is 32.4 Å². The zero-order chi connectivity index (χ0) is 15.7. The molecule has 2 rings (SSSR count). The Bertz CT molecular complexity index is 612. The third-order valence-electron chi connectivity index (χ3n) is 3.38. The molecule has 7 heteroatoms. The summed E-state index contributed by atoms with van der Waals surface area (Å²) in [5.41, 5.74) is 0.908. The molecule has 7 nitrogen and oxygen atoms in total. The molecule has 0 bridgehead atoms. The van der Waals surface area contributed by atoms with E-state index < -0.39 is 11.0 Å². The summed E-state index contributed by atoms with van der Waals surface area (Å²) < 4.78 is 0. The Balaban J connectivity index is 2.26. The van der Waals surface area contributed by atoms with Gasteiger partial charge < -0.3 is 5.32 Å². The van der Waals surface area contributed by atoms with Crippen LogP contribution in [0.25, 0.3) is 0 Å². The molecule has 1 aromatic carbocycles. The van der Waals surface area contributed by atoms with Gasteiger partial charge in [-0.1, -0.05) is 6.07 Å². The second-order valence-corrected chi connectivity index (χ2v) is 5.37. The largest absolute Gasteiger partial charge is 0.368 e. The molecule has 21 heavy (non-hydrogen) atoms. The zero-order valence-electron chi connectivity index (χ0n) is 12.1. The van der Waals surface area contributed by atoms with Crippen LogP contribution in [0.1, 0.15) is 25.8 Å². The van der Waals surface area contributed by atoms with E-state index in [1.807, 2.05) is 0 Å². The molecule has 0 radical (unpaired) electrons. The van der Waals surface area contributed by atoms with Gasteiger partial charge in [-0.25, -0.2) is 0 Å². The molecule has 1 atom stereocenters. The van der Waals surface area contributed by atoms with Gasteiger partial charge in [0.1, 0.15) is 11.7 Å². The molecular formula is C14H17N3O4. The first-order valence-electron chi connectivity index (χ1n) is 6.68. The number of hydrogen-bond acceptors (Lipinski definition) is 5. The average Bonchev–Trinajstić information content (AvgIpc) is 2.66. The molecule has 0 spiro atoms. The highest BCUT2D eigenvalue weighted by Gasteiger charge is 2.40. The molecule has 1 fully saturated rings. The van der Waals surface area contributed by atoms with Gasteiger partial charge in [0.2, 0.25) is 5.91 Å². The van der Waals surface area contributed by atoms with Crippen LogP contribution in [-0.4, -0.2) is 33.7 Å². The summed E-state index contributed by atoms with van der Waals surface area (Å²) in [5.74, 6) is -0.605. The number of nitro groups is 1. The molecule has 1 aromatic rings. The standard InChI is InChI=1S/C14H17N3O4/c1-8(2)16-13(18)7-11(14(16)19)15-10-5-4-9(3)6-12(10)17(20)21/h4-6,8,11,15H,7H2,1-3H3. The summed E-state index contributed by atoms with van der Waals surface area (Å²) in [6.07, 6.45) is 0.0159. The van der Waals surface area contributed by atoms with Crippen LogP contribution in [0.15, 0.2) is 18.2 Å². The second kappa shape index (κ2) is 5.51. The monoisotopic (exact) mass is 291 g/mol. The fourth-order valence-corrected chi connectivity index (χ4v) is 2.41. The third kappa shape index (κ3) is 2.86. The number of rotatable bonds is 4. The molecule has 1 heterocycles. The highest BCUT2D eigenvalue weighted by atomic mass is 16.6. The van der Waals surface area contributed by atoms with E-state index in [2.05, 4.69) is 5.32 Å². The Morgan fingerprint density at radius 2 is 2.05 bits per heavy atom. The van der Waals surface area contributed by atoms with Crippen molar-refractivity contribution in [1.82, 2.24) is 4.90 Å². The van der Waals surface area contributed by atoms with Gasteiger partial charge in [-0.2, -0.15) is 0 Å². The maximum atomic E-state index is 12.2. The minimum atomic E-state index is -0.749. The van der Waals surface area contributed by atoms with Crippen molar-refractivity contribution in [2.24, 2.45) is 0 Å². The second-order valence-electron chi connectivity index (χ2n) is 5.37. The fraction of sp³-hybridized carbons (Fsp3) is 0.429. The van der Waals surface area contributed by atoms with E-state index in [4.69, 9.17) is 0 Å². The first-order valence-corrected chi connectivity index (χ1v) is 6.68. The average molecular weight is 291 g/mol. The predicted molar refractivity (Wildman–Crippen MR) is 76.9 cm³/mol. The third-order valence-corrected chi connectivity index (χ3v) is 3.38. The van der Waals surface area contributed by atoms with Crippen molar-refractivity contribution in [3.8, 4) is 0 Å². The van der Waals surface area contributed by atoms with Crippen LogP contribution in [0.4, 0.5) is 11.4 Å². The van der Waals surface area contributed by atoms with Gasteiger partial charge in [-0.15, -0.1) is 0 Å². The van der Waals surface area contributed by atoms with Crippen molar-refractivity contribution in [2.75, 3.05) is 5.32 Å². The molecule has 2 amide bonds. The number of imide groups is 1. The summed E-state index contributed by atoms with van der Waals surface area (Å²) in [6.45, 7) is 5.26. The molecule has 112 valence electrons. The zero-order valence-corrected chi connectivity index (χ0v) is 12.1.